The molecule has 10 nitrogen and oxygen atoms in total. The van der Waals surface area contributed by atoms with Gasteiger partial charge in [0.2, 0.25) is 0 Å². The summed E-state index contributed by atoms with van der Waals surface area (Å²) in [6.07, 6.45) is 0. The van der Waals surface area contributed by atoms with Crippen LogP contribution in [0.15, 0.2) is 76.0 Å². The average molecular weight is 498 g/mol. The second-order valence-corrected chi connectivity index (χ2v) is 8.76. The lowest BCUT2D eigenvalue weighted by Crippen LogP contribution is -2.15. The normalized spacial score (nSPS) is 11.1. The monoisotopic (exact) mass is 498 g/mol. The van der Waals surface area contributed by atoms with E-state index in [1.807, 2.05) is 0 Å². The number of amides is 1. The SMILES string of the molecule is COc1ccc(-c2nnc(NC(=O)c3cccc(NS(=O)(=O)c4ccc(F)cc4)c3)o2)c(OC)c1. The Kier molecular flexibility index (Phi) is 6.64. The van der Waals surface area contributed by atoms with Crippen LogP contribution < -0.4 is 19.5 Å². The van der Waals surface area contributed by atoms with Gasteiger partial charge in [-0.25, -0.2) is 12.8 Å². The molecule has 1 heterocycles. The second-order valence-electron chi connectivity index (χ2n) is 7.07. The number of ether oxygens (including phenoxy) is 2. The van der Waals surface area contributed by atoms with Crippen LogP contribution in [0.5, 0.6) is 11.5 Å². The fraction of sp³-hybridized carbons (Fsp3) is 0.0870. The van der Waals surface area contributed by atoms with Crippen LogP contribution in [0.25, 0.3) is 11.5 Å². The number of benzene rings is 3. The van der Waals surface area contributed by atoms with Crippen molar-refractivity contribution in [1.29, 1.82) is 0 Å². The van der Waals surface area contributed by atoms with Crippen LogP contribution in [0.4, 0.5) is 16.1 Å². The molecule has 3 aromatic carbocycles. The van der Waals surface area contributed by atoms with Gasteiger partial charge in [0.25, 0.3) is 21.8 Å². The third-order valence-corrected chi connectivity index (χ3v) is 6.18. The highest BCUT2D eigenvalue weighted by Crippen LogP contribution is 2.33. The van der Waals surface area contributed by atoms with E-state index in [2.05, 4.69) is 20.2 Å². The number of hydrogen-bond acceptors (Lipinski definition) is 8. The summed E-state index contributed by atoms with van der Waals surface area (Å²) in [7, 11) is -0.974. The number of carbonyl (C=O) groups excluding carboxylic acids is 1. The molecular formula is C23H19FN4O6S. The van der Waals surface area contributed by atoms with Gasteiger partial charge in [0, 0.05) is 17.3 Å². The zero-order valence-corrected chi connectivity index (χ0v) is 19.3. The van der Waals surface area contributed by atoms with E-state index in [0.29, 0.717) is 17.1 Å². The van der Waals surface area contributed by atoms with Gasteiger partial charge < -0.3 is 13.9 Å². The first kappa shape index (κ1) is 23.7. The maximum Gasteiger partial charge on any atom is 0.322 e. The number of methoxy groups -OCH3 is 2. The minimum Gasteiger partial charge on any atom is -0.497 e. The first-order valence-corrected chi connectivity index (χ1v) is 11.5. The lowest BCUT2D eigenvalue weighted by Gasteiger charge is -2.09. The Balaban J connectivity index is 1.49. The number of hydrogen-bond donors (Lipinski definition) is 2. The highest BCUT2D eigenvalue weighted by atomic mass is 32.2. The van der Waals surface area contributed by atoms with E-state index in [-0.39, 0.29) is 28.1 Å². The first-order valence-electron chi connectivity index (χ1n) is 10.0. The van der Waals surface area contributed by atoms with Gasteiger partial charge in [-0.2, -0.15) is 0 Å². The Morgan fingerprint density at radius 1 is 0.971 bits per heavy atom. The zero-order chi connectivity index (χ0) is 25.0. The molecule has 0 radical (unpaired) electrons. The third-order valence-electron chi connectivity index (χ3n) is 4.79. The lowest BCUT2D eigenvalue weighted by atomic mass is 10.2. The van der Waals surface area contributed by atoms with Crippen molar-refractivity contribution >= 4 is 27.6 Å². The van der Waals surface area contributed by atoms with Gasteiger partial charge in [0.1, 0.15) is 17.3 Å². The smallest absolute Gasteiger partial charge is 0.322 e. The number of nitrogens with one attached hydrogen (secondary N) is 2. The van der Waals surface area contributed by atoms with Crippen LogP contribution >= 0.6 is 0 Å². The summed E-state index contributed by atoms with van der Waals surface area (Å²) in [5, 5.41) is 10.2. The van der Waals surface area contributed by atoms with Crippen molar-refractivity contribution in [2.75, 3.05) is 24.3 Å². The Morgan fingerprint density at radius 3 is 2.46 bits per heavy atom. The number of rotatable bonds is 8. The number of anilines is 2. The number of halogens is 1. The summed E-state index contributed by atoms with van der Waals surface area (Å²) in [5.74, 6) is -0.0387. The maximum absolute atomic E-state index is 13.1. The summed E-state index contributed by atoms with van der Waals surface area (Å²) in [4.78, 5) is 12.6. The van der Waals surface area contributed by atoms with Crippen molar-refractivity contribution < 1.29 is 31.5 Å². The zero-order valence-electron chi connectivity index (χ0n) is 18.5. The van der Waals surface area contributed by atoms with Crippen LogP contribution in [0.2, 0.25) is 0 Å². The van der Waals surface area contributed by atoms with Gasteiger partial charge in [-0.3, -0.25) is 14.8 Å². The fourth-order valence-corrected chi connectivity index (χ4v) is 4.13. The Morgan fingerprint density at radius 2 is 1.74 bits per heavy atom. The van der Waals surface area contributed by atoms with Crippen LogP contribution in [-0.4, -0.2) is 38.7 Å². The van der Waals surface area contributed by atoms with Crippen LogP contribution in [0.1, 0.15) is 10.4 Å². The van der Waals surface area contributed by atoms with Gasteiger partial charge in [-0.1, -0.05) is 11.2 Å². The molecule has 0 bridgehead atoms. The molecular weight excluding hydrogens is 479 g/mol. The molecule has 0 saturated carbocycles. The molecule has 0 aliphatic heterocycles. The molecule has 4 rings (SSSR count). The topological polar surface area (TPSA) is 133 Å². The molecule has 2 N–H and O–H groups in total. The average Bonchev–Trinajstić information content (AvgIpc) is 3.32. The quantitative estimate of drug-likeness (QED) is 0.373. The number of sulfonamides is 1. The predicted molar refractivity (Wildman–Crippen MR) is 124 cm³/mol. The van der Waals surface area contributed by atoms with Gasteiger partial charge in [-0.15, -0.1) is 5.10 Å². The molecule has 0 aliphatic carbocycles. The number of carbonyl (C=O) groups is 1. The minimum absolute atomic E-state index is 0.112. The van der Waals surface area contributed by atoms with Gasteiger partial charge in [0.15, 0.2) is 0 Å². The standard InChI is InChI=1S/C23H19FN4O6S/c1-32-17-8-11-19(20(13-17)33-2)22-26-27-23(34-22)25-21(29)14-4-3-5-16(12-14)28-35(30,31)18-9-6-15(24)7-10-18/h3-13,28H,1-2H3,(H,25,27,29). The van der Waals surface area contributed by atoms with E-state index >= 15 is 0 Å². The summed E-state index contributed by atoms with van der Waals surface area (Å²) in [5.41, 5.74) is 0.765. The molecule has 0 unspecified atom stereocenters. The largest absolute Gasteiger partial charge is 0.497 e. The van der Waals surface area contributed by atoms with E-state index in [1.54, 1.807) is 18.2 Å². The van der Waals surface area contributed by atoms with E-state index < -0.39 is 21.7 Å². The van der Waals surface area contributed by atoms with Crippen molar-refractivity contribution in [1.82, 2.24) is 10.2 Å². The van der Waals surface area contributed by atoms with E-state index in [1.165, 1.54) is 38.5 Å². The summed E-state index contributed by atoms with van der Waals surface area (Å²) in [6, 6.07) is 15.0. The van der Waals surface area contributed by atoms with Gasteiger partial charge in [0.05, 0.1) is 24.7 Å². The Labute approximate surface area is 199 Å². The van der Waals surface area contributed by atoms with Gasteiger partial charge >= 0.3 is 6.01 Å². The molecule has 0 atom stereocenters. The number of aromatic nitrogens is 2. The van der Waals surface area contributed by atoms with Crippen LogP contribution in [-0.2, 0) is 10.0 Å². The van der Waals surface area contributed by atoms with Crippen LogP contribution in [0.3, 0.4) is 0 Å². The van der Waals surface area contributed by atoms with E-state index in [9.17, 15) is 17.6 Å². The molecule has 0 saturated heterocycles. The highest BCUT2D eigenvalue weighted by molar-refractivity contribution is 7.92. The molecule has 0 fully saturated rings. The first-order chi connectivity index (χ1) is 16.8. The highest BCUT2D eigenvalue weighted by Gasteiger charge is 2.18. The Bertz CT molecular complexity index is 1470. The Hall–Kier alpha value is -4.45. The molecule has 180 valence electrons. The van der Waals surface area contributed by atoms with Gasteiger partial charge in [-0.05, 0) is 54.6 Å². The molecule has 0 spiro atoms. The summed E-state index contributed by atoms with van der Waals surface area (Å²) < 4.78 is 56.5. The lowest BCUT2D eigenvalue weighted by molar-refractivity contribution is 0.102. The number of nitrogens with zero attached hydrogens (tertiary/aromatic N) is 2. The molecule has 0 aliphatic rings. The van der Waals surface area contributed by atoms with Crippen molar-refractivity contribution in [3.05, 3.63) is 78.1 Å². The minimum atomic E-state index is -3.98. The summed E-state index contributed by atoms with van der Waals surface area (Å²) in [6.45, 7) is 0. The van der Waals surface area contributed by atoms with Crippen molar-refractivity contribution in [2.24, 2.45) is 0 Å². The predicted octanol–water partition coefficient (Wildman–Crippen LogP) is 3.95. The third kappa shape index (κ3) is 5.38. The molecule has 1 amide bonds. The maximum atomic E-state index is 13.1. The van der Waals surface area contributed by atoms with Crippen molar-refractivity contribution in [3.63, 3.8) is 0 Å². The van der Waals surface area contributed by atoms with Crippen LogP contribution in [0, 0.1) is 5.82 Å². The van der Waals surface area contributed by atoms with E-state index in [4.69, 9.17) is 13.9 Å². The van der Waals surface area contributed by atoms with E-state index in [0.717, 1.165) is 24.3 Å². The molecule has 12 heteroatoms. The molecule has 4 aromatic rings. The molecule has 1 aromatic heterocycles. The van der Waals surface area contributed by atoms with Crippen molar-refractivity contribution in [2.45, 2.75) is 4.90 Å². The molecule has 35 heavy (non-hydrogen) atoms. The second kappa shape index (κ2) is 9.81. The fourth-order valence-electron chi connectivity index (χ4n) is 3.08. The summed E-state index contributed by atoms with van der Waals surface area (Å²) >= 11 is 0. The van der Waals surface area contributed by atoms with Crippen molar-refractivity contribution in [3.8, 4) is 23.0 Å².